The lowest BCUT2D eigenvalue weighted by Gasteiger charge is -2.17. The summed E-state index contributed by atoms with van der Waals surface area (Å²) in [6.07, 6.45) is 0.593. The van der Waals surface area contributed by atoms with Gasteiger partial charge in [-0.15, -0.1) is 0 Å². The number of imide groups is 1. The molecular formula is C13H16N4O4. The molecule has 0 spiro atoms. The standard InChI is InChI=1S/C13H16N4O4/c1-2-21-8-7-11(16-20)9-3-5-10(6-4-9)17-12(18)14-15-13(17)19/h3-6,11,16,20H,2,7-8H2,1H3. The van der Waals surface area contributed by atoms with Gasteiger partial charge in [0.2, 0.25) is 0 Å². The van der Waals surface area contributed by atoms with Gasteiger partial charge in [-0.25, -0.2) is 14.5 Å². The van der Waals surface area contributed by atoms with Gasteiger partial charge in [0.1, 0.15) is 0 Å². The Balaban J connectivity index is 2.07. The van der Waals surface area contributed by atoms with E-state index < -0.39 is 12.1 Å². The van der Waals surface area contributed by atoms with Gasteiger partial charge in [0.05, 0.1) is 11.7 Å². The Kier molecular flexibility index (Phi) is 5.09. The topological polar surface area (TPSA) is 104 Å². The fourth-order valence-corrected chi connectivity index (χ4v) is 1.98. The maximum absolute atomic E-state index is 11.4. The van der Waals surface area contributed by atoms with Crippen LogP contribution in [0.4, 0.5) is 15.3 Å². The summed E-state index contributed by atoms with van der Waals surface area (Å²) in [5, 5.41) is 15.6. The van der Waals surface area contributed by atoms with Crippen molar-refractivity contribution in [3.05, 3.63) is 29.8 Å². The van der Waals surface area contributed by atoms with Crippen LogP contribution in [-0.4, -0.2) is 30.5 Å². The molecule has 0 saturated carbocycles. The summed E-state index contributed by atoms with van der Waals surface area (Å²) in [4.78, 5) is 23.7. The Morgan fingerprint density at radius 2 is 1.86 bits per heavy atom. The maximum atomic E-state index is 11.4. The average molecular weight is 292 g/mol. The second kappa shape index (κ2) is 7.02. The Bertz CT molecular complexity index is 526. The minimum Gasteiger partial charge on any atom is -0.382 e. The molecule has 8 nitrogen and oxygen atoms in total. The Hall–Kier alpha value is -2.16. The van der Waals surface area contributed by atoms with Crippen molar-refractivity contribution in [3.63, 3.8) is 0 Å². The molecular weight excluding hydrogens is 276 g/mol. The van der Waals surface area contributed by atoms with Crippen LogP contribution in [0.2, 0.25) is 0 Å². The number of azo groups is 1. The average Bonchev–Trinajstić information content (AvgIpc) is 2.83. The normalized spacial score (nSPS) is 15.8. The summed E-state index contributed by atoms with van der Waals surface area (Å²) in [6, 6.07) is 4.94. The van der Waals surface area contributed by atoms with E-state index in [-0.39, 0.29) is 6.04 Å². The number of rotatable bonds is 7. The molecule has 21 heavy (non-hydrogen) atoms. The third-order valence-electron chi connectivity index (χ3n) is 3.07. The monoisotopic (exact) mass is 292 g/mol. The van der Waals surface area contributed by atoms with E-state index in [9.17, 15) is 14.8 Å². The highest BCUT2D eigenvalue weighted by molar-refractivity contribution is 6.17. The largest absolute Gasteiger partial charge is 0.382 e. The predicted molar refractivity (Wildman–Crippen MR) is 73.3 cm³/mol. The zero-order chi connectivity index (χ0) is 15.2. The Morgan fingerprint density at radius 1 is 1.24 bits per heavy atom. The minimum absolute atomic E-state index is 0.287. The van der Waals surface area contributed by atoms with Gasteiger partial charge in [0, 0.05) is 13.2 Å². The highest BCUT2D eigenvalue weighted by Crippen LogP contribution is 2.24. The first kappa shape index (κ1) is 15.2. The zero-order valence-electron chi connectivity index (χ0n) is 11.5. The summed E-state index contributed by atoms with van der Waals surface area (Å²) in [7, 11) is 0. The van der Waals surface area contributed by atoms with Crippen molar-refractivity contribution in [3.8, 4) is 0 Å². The molecule has 0 aliphatic carbocycles. The molecule has 8 heteroatoms. The van der Waals surface area contributed by atoms with E-state index in [1.807, 2.05) is 6.92 Å². The van der Waals surface area contributed by atoms with Crippen molar-refractivity contribution in [1.29, 1.82) is 0 Å². The summed E-state index contributed by atoms with van der Waals surface area (Å²) in [5.74, 6) is 0. The Morgan fingerprint density at radius 3 is 2.38 bits per heavy atom. The number of benzene rings is 1. The van der Waals surface area contributed by atoms with Crippen molar-refractivity contribution in [2.45, 2.75) is 19.4 Å². The number of hydrogen-bond donors (Lipinski definition) is 2. The number of amides is 4. The molecule has 1 aliphatic rings. The van der Waals surface area contributed by atoms with Crippen LogP contribution in [0.15, 0.2) is 34.5 Å². The predicted octanol–water partition coefficient (Wildman–Crippen LogP) is 2.65. The molecule has 4 amide bonds. The van der Waals surface area contributed by atoms with Gasteiger partial charge in [-0.1, -0.05) is 22.4 Å². The molecule has 0 radical (unpaired) electrons. The molecule has 112 valence electrons. The van der Waals surface area contributed by atoms with E-state index in [2.05, 4.69) is 15.7 Å². The van der Waals surface area contributed by atoms with Crippen LogP contribution in [0.25, 0.3) is 0 Å². The molecule has 1 atom stereocenters. The van der Waals surface area contributed by atoms with Crippen molar-refractivity contribution in [1.82, 2.24) is 5.48 Å². The lowest BCUT2D eigenvalue weighted by molar-refractivity contribution is 0.0867. The molecule has 0 aromatic heterocycles. The van der Waals surface area contributed by atoms with E-state index in [0.717, 1.165) is 10.5 Å². The van der Waals surface area contributed by atoms with Crippen molar-refractivity contribution >= 4 is 17.7 Å². The molecule has 1 aromatic rings. The SMILES string of the molecule is CCOCCC(NO)c1ccc(N2C(=O)N=NC2=O)cc1. The van der Waals surface area contributed by atoms with E-state index >= 15 is 0 Å². The number of nitrogens with zero attached hydrogens (tertiary/aromatic N) is 3. The molecule has 1 unspecified atom stereocenters. The maximum Gasteiger partial charge on any atom is 0.375 e. The number of nitrogens with one attached hydrogen (secondary N) is 1. The van der Waals surface area contributed by atoms with Gasteiger partial charge < -0.3 is 9.94 Å². The van der Waals surface area contributed by atoms with E-state index in [1.54, 1.807) is 24.3 Å². The summed E-state index contributed by atoms with van der Waals surface area (Å²) >= 11 is 0. The quantitative estimate of drug-likeness (QED) is 0.594. The highest BCUT2D eigenvalue weighted by atomic mass is 16.5. The third kappa shape index (κ3) is 3.48. The van der Waals surface area contributed by atoms with Gasteiger partial charge in [0.25, 0.3) is 0 Å². The molecule has 0 fully saturated rings. The van der Waals surface area contributed by atoms with Crippen LogP contribution < -0.4 is 10.4 Å². The lowest BCUT2D eigenvalue weighted by Crippen LogP contribution is -2.27. The molecule has 1 aromatic carbocycles. The van der Waals surface area contributed by atoms with E-state index in [1.165, 1.54) is 0 Å². The molecule has 2 rings (SSSR count). The van der Waals surface area contributed by atoms with Crippen LogP contribution in [-0.2, 0) is 4.74 Å². The third-order valence-corrected chi connectivity index (χ3v) is 3.07. The number of ether oxygens (including phenoxy) is 1. The fraction of sp³-hybridized carbons (Fsp3) is 0.385. The first-order chi connectivity index (χ1) is 10.2. The summed E-state index contributed by atoms with van der Waals surface area (Å²) in [6.45, 7) is 3.02. The second-order valence-corrected chi connectivity index (χ2v) is 4.36. The molecule has 1 heterocycles. The lowest BCUT2D eigenvalue weighted by atomic mass is 10.0. The first-order valence-corrected chi connectivity index (χ1v) is 6.54. The molecule has 2 N–H and O–H groups in total. The van der Waals surface area contributed by atoms with Gasteiger partial charge in [-0.05, 0) is 31.0 Å². The first-order valence-electron chi connectivity index (χ1n) is 6.54. The fourth-order valence-electron chi connectivity index (χ4n) is 1.98. The van der Waals surface area contributed by atoms with Crippen molar-refractivity contribution in [2.75, 3.05) is 18.1 Å². The van der Waals surface area contributed by atoms with E-state index in [0.29, 0.717) is 25.3 Å². The minimum atomic E-state index is -0.707. The number of hydroxylamine groups is 1. The molecule has 0 bridgehead atoms. The van der Waals surface area contributed by atoms with Gasteiger partial charge in [-0.2, -0.15) is 5.48 Å². The van der Waals surface area contributed by atoms with Crippen LogP contribution in [0, 0.1) is 0 Å². The number of urea groups is 2. The van der Waals surface area contributed by atoms with Gasteiger partial charge in [-0.3, -0.25) is 0 Å². The Labute approximate surface area is 121 Å². The van der Waals surface area contributed by atoms with Crippen molar-refractivity contribution < 1.29 is 19.5 Å². The number of hydrogen-bond acceptors (Lipinski definition) is 5. The number of carbonyl (C=O) groups is 2. The number of anilines is 1. The summed E-state index contributed by atoms with van der Waals surface area (Å²) < 4.78 is 5.25. The van der Waals surface area contributed by atoms with Crippen LogP contribution in [0.3, 0.4) is 0 Å². The summed E-state index contributed by atoms with van der Waals surface area (Å²) in [5.41, 5.74) is 3.42. The van der Waals surface area contributed by atoms with Crippen LogP contribution >= 0.6 is 0 Å². The van der Waals surface area contributed by atoms with Crippen LogP contribution in [0.1, 0.15) is 24.9 Å². The van der Waals surface area contributed by atoms with Gasteiger partial charge >= 0.3 is 12.1 Å². The number of carbonyl (C=O) groups excluding carboxylic acids is 2. The smallest absolute Gasteiger partial charge is 0.375 e. The van der Waals surface area contributed by atoms with Crippen LogP contribution in [0.5, 0.6) is 0 Å². The highest BCUT2D eigenvalue weighted by Gasteiger charge is 2.29. The van der Waals surface area contributed by atoms with E-state index in [4.69, 9.17) is 4.74 Å². The molecule has 1 aliphatic heterocycles. The molecule has 0 saturated heterocycles. The second-order valence-electron chi connectivity index (χ2n) is 4.36. The zero-order valence-corrected chi connectivity index (χ0v) is 11.5. The van der Waals surface area contributed by atoms with Gasteiger partial charge in [0.15, 0.2) is 0 Å². The van der Waals surface area contributed by atoms with Crippen molar-refractivity contribution in [2.24, 2.45) is 10.2 Å².